The first-order valence-electron chi connectivity index (χ1n) is 7.46. The minimum absolute atomic E-state index is 0.0260. The molecule has 0 aromatic carbocycles. The van der Waals surface area contributed by atoms with Crippen molar-refractivity contribution in [2.24, 2.45) is 17.1 Å². The SMILES string of the molecule is CCN(CC(C)(C)CN)C(=O)CC1CCCCC1. The van der Waals surface area contributed by atoms with E-state index in [1.165, 1.54) is 32.1 Å². The minimum Gasteiger partial charge on any atom is -0.342 e. The van der Waals surface area contributed by atoms with Crippen molar-refractivity contribution in [3.63, 3.8) is 0 Å². The van der Waals surface area contributed by atoms with E-state index < -0.39 is 0 Å². The Morgan fingerprint density at radius 3 is 2.39 bits per heavy atom. The fourth-order valence-corrected chi connectivity index (χ4v) is 2.72. The summed E-state index contributed by atoms with van der Waals surface area (Å²) in [6.45, 7) is 8.53. The highest BCUT2D eigenvalue weighted by atomic mass is 16.2. The predicted octanol–water partition coefficient (Wildman–Crippen LogP) is 2.79. The lowest BCUT2D eigenvalue weighted by atomic mass is 9.86. The maximum atomic E-state index is 12.3. The standard InChI is InChI=1S/C15H30N2O/c1-4-17(12-15(2,3)11-16)14(18)10-13-8-6-5-7-9-13/h13H,4-12,16H2,1-3H3. The second-order valence-corrected chi connectivity index (χ2v) is 6.48. The van der Waals surface area contributed by atoms with Gasteiger partial charge in [0.1, 0.15) is 0 Å². The quantitative estimate of drug-likeness (QED) is 0.792. The maximum absolute atomic E-state index is 12.3. The molecular formula is C15H30N2O. The summed E-state index contributed by atoms with van der Waals surface area (Å²) < 4.78 is 0. The summed E-state index contributed by atoms with van der Waals surface area (Å²) in [5.74, 6) is 0.951. The number of hydrogen-bond donors (Lipinski definition) is 1. The highest BCUT2D eigenvalue weighted by Crippen LogP contribution is 2.27. The molecule has 1 amide bonds. The first-order chi connectivity index (χ1) is 8.48. The van der Waals surface area contributed by atoms with Crippen molar-refractivity contribution < 1.29 is 4.79 Å². The smallest absolute Gasteiger partial charge is 0.222 e. The van der Waals surface area contributed by atoms with Gasteiger partial charge in [0.15, 0.2) is 0 Å². The van der Waals surface area contributed by atoms with Gasteiger partial charge in [0.25, 0.3) is 0 Å². The molecule has 2 N–H and O–H groups in total. The second kappa shape index (κ2) is 7.13. The zero-order valence-electron chi connectivity index (χ0n) is 12.4. The van der Waals surface area contributed by atoms with Crippen molar-refractivity contribution in [3.8, 4) is 0 Å². The van der Waals surface area contributed by atoms with Crippen LogP contribution in [0.5, 0.6) is 0 Å². The summed E-state index contributed by atoms with van der Waals surface area (Å²) in [6.07, 6.45) is 7.18. The average molecular weight is 254 g/mol. The molecule has 1 fully saturated rings. The predicted molar refractivity (Wildman–Crippen MR) is 76.3 cm³/mol. The lowest BCUT2D eigenvalue weighted by Gasteiger charge is -2.32. The highest BCUT2D eigenvalue weighted by molar-refractivity contribution is 5.76. The third-order valence-corrected chi connectivity index (χ3v) is 4.09. The van der Waals surface area contributed by atoms with Gasteiger partial charge in [-0.3, -0.25) is 4.79 Å². The number of carbonyl (C=O) groups excluding carboxylic acids is 1. The molecule has 3 heteroatoms. The molecule has 1 rings (SSSR count). The van der Waals surface area contributed by atoms with E-state index in [0.29, 0.717) is 18.4 Å². The fraction of sp³-hybridized carbons (Fsp3) is 0.933. The molecule has 0 radical (unpaired) electrons. The summed E-state index contributed by atoms with van der Waals surface area (Å²) in [5, 5.41) is 0. The van der Waals surface area contributed by atoms with Crippen LogP contribution in [0, 0.1) is 11.3 Å². The molecule has 1 aliphatic rings. The Morgan fingerprint density at radius 2 is 1.89 bits per heavy atom. The zero-order valence-corrected chi connectivity index (χ0v) is 12.4. The number of rotatable bonds is 6. The van der Waals surface area contributed by atoms with Gasteiger partial charge < -0.3 is 10.6 Å². The van der Waals surface area contributed by atoms with E-state index in [0.717, 1.165) is 19.5 Å². The van der Waals surface area contributed by atoms with Crippen molar-refractivity contribution in [2.75, 3.05) is 19.6 Å². The monoisotopic (exact) mass is 254 g/mol. The molecule has 106 valence electrons. The highest BCUT2D eigenvalue weighted by Gasteiger charge is 2.25. The Morgan fingerprint density at radius 1 is 1.28 bits per heavy atom. The molecule has 1 saturated carbocycles. The number of carbonyl (C=O) groups is 1. The van der Waals surface area contributed by atoms with Gasteiger partial charge in [-0.2, -0.15) is 0 Å². The van der Waals surface area contributed by atoms with Gasteiger partial charge in [-0.15, -0.1) is 0 Å². The van der Waals surface area contributed by atoms with Crippen LogP contribution in [0.2, 0.25) is 0 Å². The average Bonchev–Trinajstić information content (AvgIpc) is 2.37. The van der Waals surface area contributed by atoms with Crippen LogP contribution in [0.15, 0.2) is 0 Å². The molecule has 0 spiro atoms. The largest absolute Gasteiger partial charge is 0.342 e. The van der Waals surface area contributed by atoms with Gasteiger partial charge in [0.05, 0.1) is 0 Å². The van der Waals surface area contributed by atoms with Crippen molar-refractivity contribution in [2.45, 2.75) is 59.3 Å². The fourth-order valence-electron chi connectivity index (χ4n) is 2.72. The number of amides is 1. The summed E-state index contributed by atoms with van der Waals surface area (Å²) in [6, 6.07) is 0. The molecule has 0 aromatic rings. The van der Waals surface area contributed by atoms with Crippen molar-refractivity contribution in [1.82, 2.24) is 4.90 Å². The van der Waals surface area contributed by atoms with E-state index in [2.05, 4.69) is 20.8 Å². The third-order valence-electron chi connectivity index (χ3n) is 4.09. The van der Waals surface area contributed by atoms with Crippen molar-refractivity contribution in [1.29, 1.82) is 0 Å². The second-order valence-electron chi connectivity index (χ2n) is 6.48. The zero-order chi connectivity index (χ0) is 13.6. The lowest BCUT2D eigenvalue weighted by molar-refractivity contribution is -0.133. The molecule has 0 atom stereocenters. The van der Waals surface area contributed by atoms with Gasteiger partial charge in [0.2, 0.25) is 5.91 Å². The Balaban J connectivity index is 2.45. The summed E-state index contributed by atoms with van der Waals surface area (Å²) in [4.78, 5) is 14.3. The van der Waals surface area contributed by atoms with Crippen LogP contribution in [-0.4, -0.2) is 30.4 Å². The first kappa shape index (κ1) is 15.5. The van der Waals surface area contributed by atoms with Gasteiger partial charge in [-0.1, -0.05) is 33.1 Å². The summed E-state index contributed by atoms with van der Waals surface area (Å²) >= 11 is 0. The van der Waals surface area contributed by atoms with Crippen LogP contribution >= 0.6 is 0 Å². The van der Waals surface area contributed by atoms with E-state index in [-0.39, 0.29) is 5.41 Å². The lowest BCUT2D eigenvalue weighted by Crippen LogP contribution is -2.42. The molecule has 0 bridgehead atoms. The molecule has 1 aliphatic carbocycles. The molecule has 0 aliphatic heterocycles. The topological polar surface area (TPSA) is 46.3 Å². The van der Waals surface area contributed by atoms with E-state index in [1.54, 1.807) is 0 Å². The van der Waals surface area contributed by atoms with Gasteiger partial charge in [-0.25, -0.2) is 0 Å². The van der Waals surface area contributed by atoms with Crippen LogP contribution < -0.4 is 5.73 Å². The summed E-state index contributed by atoms with van der Waals surface area (Å²) in [5.41, 5.74) is 5.78. The molecule has 3 nitrogen and oxygen atoms in total. The van der Waals surface area contributed by atoms with E-state index in [1.807, 2.05) is 4.90 Å². The molecule has 0 unspecified atom stereocenters. The number of nitrogens with zero attached hydrogens (tertiary/aromatic N) is 1. The van der Waals surface area contributed by atoms with Gasteiger partial charge in [-0.05, 0) is 37.6 Å². The van der Waals surface area contributed by atoms with Crippen LogP contribution in [0.1, 0.15) is 59.3 Å². The van der Waals surface area contributed by atoms with Crippen LogP contribution in [-0.2, 0) is 4.79 Å². The Hall–Kier alpha value is -0.570. The molecule has 0 heterocycles. The van der Waals surface area contributed by atoms with Crippen LogP contribution in [0.4, 0.5) is 0 Å². The Labute approximate surface area is 112 Å². The third kappa shape index (κ3) is 4.97. The summed E-state index contributed by atoms with van der Waals surface area (Å²) in [7, 11) is 0. The maximum Gasteiger partial charge on any atom is 0.222 e. The van der Waals surface area contributed by atoms with E-state index in [9.17, 15) is 4.79 Å². The van der Waals surface area contributed by atoms with E-state index in [4.69, 9.17) is 5.73 Å². The number of hydrogen-bond acceptors (Lipinski definition) is 2. The molecule has 0 saturated heterocycles. The Kier molecular flexibility index (Phi) is 6.13. The van der Waals surface area contributed by atoms with Gasteiger partial charge in [0, 0.05) is 19.5 Å². The molecular weight excluding hydrogens is 224 g/mol. The normalized spacial score (nSPS) is 17.8. The number of nitrogens with two attached hydrogens (primary N) is 1. The first-order valence-corrected chi connectivity index (χ1v) is 7.46. The van der Waals surface area contributed by atoms with E-state index >= 15 is 0 Å². The van der Waals surface area contributed by atoms with Crippen LogP contribution in [0.25, 0.3) is 0 Å². The molecule has 18 heavy (non-hydrogen) atoms. The van der Waals surface area contributed by atoms with Crippen molar-refractivity contribution in [3.05, 3.63) is 0 Å². The van der Waals surface area contributed by atoms with Crippen LogP contribution in [0.3, 0.4) is 0 Å². The van der Waals surface area contributed by atoms with Gasteiger partial charge >= 0.3 is 0 Å². The Bertz CT molecular complexity index is 257. The minimum atomic E-state index is 0.0260. The van der Waals surface area contributed by atoms with Crippen molar-refractivity contribution >= 4 is 5.91 Å². The molecule has 0 aromatic heterocycles.